The summed E-state index contributed by atoms with van der Waals surface area (Å²) in [4.78, 5) is 27.6. The molecule has 0 aliphatic heterocycles. The van der Waals surface area contributed by atoms with Gasteiger partial charge in [0.05, 0.1) is 22.9 Å². The number of primary amides is 1. The molecule has 3 aromatic carbocycles. The van der Waals surface area contributed by atoms with E-state index >= 15 is 0 Å². The van der Waals surface area contributed by atoms with Crippen LogP contribution in [0.25, 0.3) is 39.1 Å². The van der Waals surface area contributed by atoms with Crippen molar-refractivity contribution in [2.24, 2.45) is 5.73 Å². The number of carbonyl (C=O) groups is 2. The second kappa shape index (κ2) is 9.02. The lowest BCUT2D eigenvalue weighted by molar-refractivity contribution is -0.118. The van der Waals surface area contributed by atoms with Crippen LogP contribution in [0.5, 0.6) is 0 Å². The van der Waals surface area contributed by atoms with Gasteiger partial charge in [-0.2, -0.15) is 0 Å². The summed E-state index contributed by atoms with van der Waals surface area (Å²) in [6.07, 6.45) is 3.13. The topological polar surface area (TPSA) is 121 Å². The number of anilines is 1. The van der Waals surface area contributed by atoms with E-state index in [1.807, 2.05) is 18.2 Å². The van der Waals surface area contributed by atoms with Crippen LogP contribution < -0.4 is 11.1 Å². The zero-order valence-electron chi connectivity index (χ0n) is 18.9. The minimum atomic E-state index is -0.720. The molecule has 5 aromatic rings. The van der Waals surface area contributed by atoms with Crippen molar-refractivity contribution >= 4 is 28.5 Å². The maximum atomic E-state index is 14.6. The molecule has 3 N–H and O–H groups in total. The van der Waals surface area contributed by atoms with Gasteiger partial charge in [0.2, 0.25) is 11.8 Å². The number of nitrogens with two attached hydrogens (primary N) is 1. The molecule has 0 spiro atoms. The predicted molar refractivity (Wildman–Crippen MR) is 129 cm³/mol. The Bertz CT molecular complexity index is 1640. The molecule has 0 unspecified atom stereocenters. The first-order chi connectivity index (χ1) is 17.3. The van der Waals surface area contributed by atoms with Gasteiger partial charge in [0, 0.05) is 35.5 Å². The molecule has 5 rings (SSSR count). The number of aromatic nitrogens is 5. The molecule has 11 heteroatoms. The molecule has 0 fully saturated rings. The van der Waals surface area contributed by atoms with E-state index in [9.17, 15) is 18.4 Å². The first-order valence-electron chi connectivity index (χ1n) is 10.8. The quantitative estimate of drug-likeness (QED) is 0.379. The van der Waals surface area contributed by atoms with Crippen LogP contribution in [0.4, 0.5) is 14.5 Å². The standard InChI is InChI=1S/C25H19F2N7O2/c1-14(35)31-18-6-16(20-4-3-17(26)9-21(20)27)7-19(10-18)33-13-29-22-8-15(2-5-23(22)33)24-11-30-32-34(24)12-25(28)36/h2-11,13H,12H2,1H3,(H2,28,36)(H,31,35). The summed E-state index contributed by atoms with van der Waals surface area (Å²) in [6, 6.07) is 13.9. The fourth-order valence-electron chi connectivity index (χ4n) is 4.03. The molecule has 0 saturated heterocycles. The number of amides is 2. The summed E-state index contributed by atoms with van der Waals surface area (Å²) >= 11 is 0. The molecule has 0 aliphatic rings. The first-order valence-corrected chi connectivity index (χ1v) is 10.8. The predicted octanol–water partition coefficient (Wildman–Crippen LogP) is 3.67. The summed E-state index contributed by atoms with van der Waals surface area (Å²) in [5.41, 5.74) is 9.69. The molecule has 2 amide bonds. The lowest BCUT2D eigenvalue weighted by atomic mass is 10.0. The number of benzene rings is 3. The third kappa shape index (κ3) is 4.41. The van der Waals surface area contributed by atoms with Crippen LogP contribution >= 0.6 is 0 Å². The summed E-state index contributed by atoms with van der Waals surface area (Å²) in [5, 5.41) is 10.5. The van der Waals surface area contributed by atoms with Gasteiger partial charge in [-0.3, -0.25) is 14.2 Å². The zero-order valence-corrected chi connectivity index (χ0v) is 18.9. The second-order valence-corrected chi connectivity index (χ2v) is 8.14. The number of rotatable bonds is 6. The van der Waals surface area contributed by atoms with Gasteiger partial charge in [0.1, 0.15) is 24.5 Å². The molecule has 2 heterocycles. The number of carbonyl (C=O) groups excluding carboxylic acids is 2. The van der Waals surface area contributed by atoms with Gasteiger partial charge in [-0.15, -0.1) is 5.10 Å². The highest BCUT2D eigenvalue weighted by Crippen LogP contribution is 2.31. The number of nitrogens with one attached hydrogen (secondary N) is 1. The second-order valence-electron chi connectivity index (χ2n) is 8.14. The van der Waals surface area contributed by atoms with Gasteiger partial charge in [-0.05, 0) is 48.0 Å². The van der Waals surface area contributed by atoms with Gasteiger partial charge in [-0.25, -0.2) is 18.4 Å². The van der Waals surface area contributed by atoms with E-state index in [-0.39, 0.29) is 18.0 Å². The molecule has 36 heavy (non-hydrogen) atoms. The Morgan fingerprint density at radius 1 is 1.03 bits per heavy atom. The Labute approximate surface area is 203 Å². The van der Waals surface area contributed by atoms with Crippen LogP contribution in [0, 0.1) is 11.6 Å². The number of hydrogen-bond donors (Lipinski definition) is 2. The maximum Gasteiger partial charge on any atom is 0.239 e. The summed E-state index contributed by atoms with van der Waals surface area (Å²) in [5.74, 6) is -2.24. The van der Waals surface area contributed by atoms with Gasteiger partial charge >= 0.3 is 0 Å². The summed E-state index contributed by atoms with van der Waals surface area (Å²) in [7, 11) is 0. The lowest BCUT2D eigenvalue weighted by Crippen LogP contribution is -2.20. The van der Waals surface area contributed by atoms with Crippen molar-refractivity contribution in [3.05, 3.63) is 78.8 Å². The van der Waals surface area contributed by atoms with Gasteiger partial charge < -0.3 is 11.1 Å². The third-order valence-electron chi connectivity index (χ3n) is 5.52. The van der Waals surface area contributed by atoms with Crippen molar-refractivity contribution in [1.82, 2.24) is 24.5 Å². The highest BCUT2D eigenvalue weighted by Gasteiger charge is 2.14. The minimum Gasteiger partial charge on any atom is -0.368 e. The van der Waals surface area contributed by atoms with Crippen LogP contribution in [-0.4, -0.2) is 36.4 Å². The van der Waals surface area contributed by atoms with E-state index in [1.54, 1.807) is 29.1 Å². The van der Waals surface area contributed by atoms with Crippen molar-refractivity contribution in [3.8, 4) is 28.1 Å². The number of nitrogens with zero attached hydrogens (tertiary/aromatic N) is 5. The fraction of sp³-hybridized carbons (Fsp3) is 0.0800. The Morgan fingerprint density at radius 2 is 1.86 bits per heavy atom. The average Bonchev–Trinajstić information content (AvgIpc) is 3.44. The molecule has 0 aliphatic carbocycles. The fourth-order valence-corrected chi connectivity index (χ4v) is 4.03. The van der Waals surface area contributed by atoms with Crippen LogP contribution in [0.1, 0.15) is 6.92 Å². The number of imidazole rings is 1. The average molecular weight is 487 g/mol. The highest BCUT2D eigenvalue weighted by atomic mass is 19.1. The monoisotopic (exact) mass is 487 g/mol. The Morgan fingerprint density at radius 3 is 2.61 bits per heavy atom. The maximum absolute atomic E-state index is 14.6. The molecule has 9 nitrogen and oxygen atoms in total. The van der Waals surface area contributed by atoms with E-state index in [0.717, 1.165) is 17.1 Å². The lowest BCUT2D eigenvalue weighted by Gasteiger charge is -2.13. The van der Waals surface area contributed by atoms with Gasteiger partial charge in [0.15, 0.2) is 0 Å². The van der Waals surface area contributed by atoms with Crippen LogP contribution in [0.15, 0.2) is 67.1 Å². The summed E-state index contributed by atoms with van der Waals surface area (Å²) in [6.45, 7) is 1.26. The highest BCUT2D eigenvalue weighted by molar-refractivity contribution is 5.91. The molecule has 0 saturated carbocycles. The van der Waals surface area contributed by atoms with Crippen LogP contribution in [-0.2, 0) is 16.1 Å². The Balaban J connectivity index is 1.60. The van der Waals surface area contributed by atoms with Crippen LogP contribution in [0.2, 0.25) is 0 Å². The number of hydrogen-bond acceptors (Lipinski definition) is 5. The van der Waals surface area contributed by atoms with Gasteiger partial charge in [-0.1, -0.05) is 11.3 Å². The van der Waals surface area contributed by atoms with Crippen LogP contribution in [0.3, 0.4) is 0 Å². The number of halogens is 2. The van der Waals surface area contributed by atoms with Gasteiger partial charge in [0.25, 0.3) is 0 Å². The van der Waals surface area contributed by atoms with E-state index < -0.39 is 17.5 Å². The van der Waals surface area contributed by atoms with Crippen molar-refractivity contribution in [3.63, 3.8) is 0 Å². The zero-order chi connectivity index (χ0) is 25.4. The SMILES string of the molecule is CC(=O)Nc1cc(-c2ccc(F)cc2F)cc(-n2cnc3cc(-c4cnnn4CC(N)=O)ccc32)c1. The van der Waals surface area contributed by atoms with E-state index in [1.165, 1.54) is 29.9 Å². The van der Waals surface area contributed by atoms with E-state index in [0.29, 0.717) is 28.1 Å². The first kappa shape index (κ1) is 22.8. The smallest absolute Gasteiger partial charge is 0.239 e. The molecular formula is C25H19F2N7O2. The van der Waals surface area contributed by atoms with E-state index in [4.69, 9.17) is 5.73 Å². The third-order valence-corrected chi connectivity index (χ3v) is 5.52. The molecule has 0 bridgehead atoms. The largest absolute Gasteiger partial charge is 0.368 e. The summed E-state index contributed by atoms with van der Waals surface area (Å²) < 4.78 is 31.2. The molecule has 0 radical (unpaired) electrons. The molecule has 180 valence electrons. The molecular weight excluding hydrogens is 468 g/mol. The Hall–Kier alpha value is -4.93. The van der Waals surface area contributed by atoms with Crippen molar-refractivity contribution in [1.29, 1.82) is 0 Å². The van der Waals surface area contributed by atoms with Crippen molar-refractivity contribution in [2.75, 3.05) is 5.32 Å². The number of fused-ring (bicyclic) bond motifs is 1. The van der Waals surface area contributed by atoms with Crippen molar-refractivity contribution in [2.45, 2.75) is 13.5 Å². The molecule has 2 aromatic heterocycles. The minimum absolute atomic E-state index is 0.111. The van der Waals surface area contributed by atoms with E-state index in [2.05, 4.69) is 20.6 Å². The van der Waals surface area contributed by atoms with Crippen molar-refractivity contribution < 1.29 is 18.4 Å². The molecule has 0 atom stereocenters. The normalized spacial score (nSPS) is 11.1. The Kier molecular flexibility index (Phi) is 5.72.